The molecule has 0 N–H and O–H groups in total. The van der Waals surface area contributed by atoms with Crippen molar-refractivity contribution in [3.8, 4) is 0 Å². The molecule has 178 valence electrons. The molecular weight excluding hydrogens is 446 g/mol. The highest BCUT2D eigenvalue weighted by Crippen LogP contribution is 2.53. The number of hydrogen-bond acceptors (Lipinski definition) is 7. The number of rotatable bonds is 4. The number of likely N-dealkylation sites (N-methyl/N-ethyl adjacent to an activating group) is 1. The lowest BCUT2D eigenvalue weighted by Gasteiger charge is -2.34. The second kappa shape index (κ2) is 7.58. The van der Waals surface area contributed by atoms with E-state index < -0.39 is 14.6 Å². The fourth-order valence-corrected chi connectivity index (χ4v) is 6.89. The summed E-state index contributed by atoms with van der Waals surface area (Å²) in [4.78, 5) is 14.1. The van der Waals surface area contributed by atoms with Crippen molar-refractivity contribution in [2.75, 3.05) is 67.9 Å². The first-order chi connectivity index (χ1) is 16.3. The Balaban J connectivity index is 1.40. The number of pyridine rings is 1. The van der Waals surface area contributed by atoms with Crippen molar-refractivity contribution >= 4 is 43.5 Å². The third kappa shape index (κ3) is 3.34. The lowest BCUT2D eigenvalue weighted by atomic mass is 10.1. The molecule has 1 aliphatic carbocycles. The first-order valence-electron chi connectivity index (χ1n) is 11.9. The molecule has 8 heteroatoms. The summed E-state index contributed by atoms with van der Waals surface area (Å²) >= 11 is 0. The van der Waals surface area contributed by atoms with Crippen LogP contribution in [0.5, 0.6) is 0 Å². The summed E-state index contributed by atoms with van der Waals surface area (Å²) in [7, 11) is 1.15. The van der Waals surface area contributed by atoms with E-state index in [-0.39, 0.29) is 0 Å². The van der Waals surface area contributed by atoms with Crippen LogP contribution in [-0.2, 0) is 14.6 Å². The molecule has 0 amide bonds. The van der Waals surface area contributed by atoms with Crippen molar-refractivity contribution < 1.29 is 8.42 Å². The zero-order chi connectivity index (χ0) is 23.7. The van der Waals surface area contributed by atoms with E-state index in [2.05, 4.69) is 64.0 Å². The van der Waals surface area contributed by atoms with Gasteiger partial charge in [-0.3, -0.25) is 4.98 Å². The lowest BCUT2D eigenvalue weighted by Crippen LogP contribution is -2.44. The zero-order valence-electron chi connectivity index (χ0n) is 20.0. The van der Waals surface area contributed by atoms with E-state index in [1.54, 1.807) is 0 Å². The predicted molar refractivity (Wildman–Crippen MR) is 139 cm³/mol. The zero-order valence-corrected chi connectivity index (χ0v) is 20.8. The van der Waals surface area contributed by atoms with E-state index in [1.807, 2.05) is 18.3 Å². The van der Waals surface area contributed by atoms with Gasteiger partial charge in [-0.1, -0.05) is 12.1 Å². The molecule has 1 aromatic heterocycles. The monoisotopic (exact) mass is 477 g/mol. The van der Waals surface area contributed by atoms with Crippen LogP contribution in [-0.4, -0.2) is 71.5 Å². The maximum absolute atomic E-state index is 12.4. The summed E-state index contributed by atoms with van der Waals surface area (Å²) in [6.45, 7) is 4.92. The number of anilines is 4. The molecule has 3 heterocycles. The van der Waals surface area contributed by atoms with Gasteiger partial charge in [0.2, 0.25) is 0 Å². The Morgan fingerprint density at radius 3 is 2.24 bits per heavy atom. The maximum Gasteiger partial charge on any atom is 0.157 e. The van der Waals surface area contributed by atoms with Gasteiger partial charge in [0.15, 0.2) is 9.84 Å². The molecule has 7 nitrogen and oxygen atoms in total. The van der Waals surface area contributed by atoms with Crippen LogP contribution in [0.25, 0.3) is 10.9 Å². The van der Waals surface area contributed by atoms with E-state index in [0.29, 0.717) is 12.8 Å². The van der Waals surface area contributed by atoms with Crippen molar-refractivity contribution in [2.24, 2.45) is 0 Å². The summed E-state index contributed by atoms with van der Waals surface area (Å²) in [6, 6.07) is 14.7. The van der Waals surface area contributed by atoms with Crippen LogP contribution >= 0.6 is 0 Å². The Bertz CT molecular complexity index is 1360. The second-order valence-electron chi connectivity index (χ2n) is 10.1. The number of hydrogen-bond donors (Lipinski definition) is 0. The van der Waals surface area contributed by atoms with Crippen LogP contribution in [0.15, 0.2) is 48.7 Å². The van der Waals surface area contributed by atoms with Gasteiger partial charge in [-0.05, 0) is 55.8 Å². The highest BCUT2D eigenvalue weighted by atomic mass is 32.2. The van der Waals surface area contributed by atoms with Gasteiger partial charge >= 0.3 is 0 Å². The number of piperazine rings is 1. The summed E-state index contributed by atoms with van der Waals surface area (Å²) in [5, 5.41) is 1.15. The van der Waals surface area contributed by atoms with Crippen LogP contribution in [0.3, 0.4) is 0 Å². The maximum atomic E-state index is 12.4. The van der Waals surface area contributed by atoms with Gasteiger partial charge in [-0.25, -0.2) is 8.42 Å². The largest absolute Gasteiger partial charge is 0.369 e. The lowest BCUT2D eigenvalue weighted by molar-refractivity contribution is 0.313. The molecule has 6 rings (SSSR count). The highest BCUT2D eigenvalue weighted by Gasteiger charge is 2.53. The Labute approximate surface area is 201 Å². The number of fused-ring (bicyclic) bond motifs is 3. The first kappa shape index (κ1) is 21.7. The molecule has 3 aromatic rings. The van der Waals surface area contributed by atoms with Crippen LogP contribution in [0.2, 0.25) is 0 Å². The van der Waals surface area contributed by atoms with Crippen molar-refractivity contribution in [3.63, 3.8) is 0 Å². The Kier molecular flexibility index (Phi) is 4.83. The smallest absolute Gasteiger partial charge is 0.157 e. The Hall–Kier alpha value is -2.84. The van der Waals surface area contributed by atoms with E-state index in [9.17, 15) is 8.42 Å². The van der Waals surface area contributed by atoms with Crippen LogP contribution in [0, 0.1) is 0 Å². The van der Waals surface area contributed by atoms with Crippen LogP contribution in [0.4, 0.5) is 22.7 Å². The Morgan fingerprint density at radius 2 is 1.59 bits per heavy atom. The normalized spacial score (nSPS) is 20.1. The van der Waals surface area contributed by atoms with Gasteiger partial charge in [0, 0.05) is 56.2 Å². The summed E-state index contributed by atoms with van der Waals surface area (Å²) in [6.07, 6.45) is 4.75. The van der Waals surface area contributed by atoms with Crippen molar-refractivity contribution in [1.29, 1.82) is 0 Å². The van der Waals surface area contributed by atoms with Crippen molar-refractivity contribution in [1.82, 2.24) is 9.88 Å². The third-order valence-corrected chi connectivity index (χ3v) is 9.89. The topological polar surface area (TPSA) is 60.0 Å². The van der Waals surface area contributed by atoms with E-state index in [1.165, 1.54) is 17.6 Å². The number of aromatic nitrogens is 1. The molecule has 2 fully saturated rings. The molecule has 0 spiro atoms. The predicted octanol–water partition coefficient (Wildman–Crippen LogP) is 3.57. The van der Waals surface area contributed by atoms with Crippen molar-refractivity contribution in [3.05, 3.63) is 54.2 Å². The van der Waals surface area contributed by atoms with E-state index >= 15 is 0 Å². The Morgan fingerprint density at radius 1 is 0.912 bits per heavy atom. The molecule has 3 aliphatic rings. The third-order valence-electron chi connectivity index (χ3n) is 7.83. The average molecular weight is 478 g/mol. The van der Waals surface area contributed by atoms with E-state index in [0.717, 1.165) is 60.7 Å². The molecule has 1 saturated carbocycles. The summed E-state index contributed by atoms with van der Waals surface area (Å²) in [5.74, 6) is 0. The molecule has 2 aromatic carbocycles. The molecule has 0 radical (unpaired) electrons. The number of sulfone groups is 1. The molecular formula is C26H31N5O2S. The van der Waals surface area contributed by atoms with Gasteiger partial charge in [-0.2, -0.15) is 0 Å². The minimum absolute atomic E-state index is 0.681. The van der Waals surface area contributed by atoms with Crippen LogP contribution < -0.4 is 14.7 Å². The summed E-state index contributed by atoms with van der Waals surface area (Å²) in [5.41, 5.74) is 6.48. The number of nitrogens with zero attached hydrogens (tertiary/aromatic N) is 5. The first-order valence-corrected chi connectivity index (χ1v) is 13.8. The van der Waals surface area contributed by atoms with Crippen LogP contribution in [0.1, 0.15) is 18.4 Å². The quantitative estimate of drug-likeness (QED) is 0.569. The highest BCUT2D eigenvalue weighted by molar-refractivity contribution is 7.92. The van der Waals surface area contributed by atoms with Gasteiger partial charge in [0.05, 0.1) is 34.5 Å². The molecule has 2 aliphatic heterocycles. The standard InChI is InChI=1S/C26H31N5O2S/c1-28-12-14-30(15-13-28)21-8-9-23-22(16-21)25-24(17-27-23)29(2)18-31(25)20-6-4-19(5-7-20)26(10-11-26)34(3,32)33/h4-9,16-17H,10-15,18H2,1-3H3. The SMILES string of the molecule is CN1CCN(c2ccc3ncc4c(c3c2)N(c2ccc(C3(S(C)(=O)=O)CC3)cc2)CN4C)CC1. The van der Waals surface area contributed by atoms with E-state index in [4.69, 9.17) is 4.98 Å². The summed E-state index contributed by atoms with van der Waals surface area (Å²) < 4.78 is 24.0. The fourth-order valence-electron chi connectivity index (χ4n) is 5.48. The molecule has 34 heavy (non-hydrogen) atoms. The molecule has 0 unspecified atom stereocenters. The fraction of sp³-hybridized carbons (Fsp3) is 0.423. The minimum Gasteiger partial charge on any atom is -0.369 e. The minimum atomic E-state index is -3.12. The molecule has 0 bridgehead atoms. The number of benzene rings is 2. The van der Waals surface area contributed by atoms with Crippen molar-refractivity contribution in [2.45, 2.75) is 17.6 Å². The molecule has 0 atom stereocenters. The van der Waals surface area contributed by atoms with Gasteiger partial charge in [0.1, 0.15) is 0 Å². The van der Waals surface area contributed by atoms with Gasteiger partial charge in [-0.15, -0.1) is 0 Å². The molecule has 1 saturated heterocycles. The van der Waals surface area contributed by atoms with Gasteiger partial charge < -0.3 is 19.6 Å². The van der Waals surface area contributed by atoms with Gasteiger partial charge in [0.25, 0.3) is 0 Å². The average Bonchev–Trinajstić information content (AvgIpc) is 3.58. The second-order valence-corrected chi connectivity index (χ2v) is 12.4.